The van der Waals surface area contributed by atoms with Gasteiger partial charge in [0.15, 0.2) is 5.78 Å². The number of ketones is 1. The van der Waals surface area contributed by atoms with Gasteiger partial charge in [-0.05, 0) is 18.4 Å². The van der Waals surface area contributed by atoms with Gasteiger partial charge in [-0.3, -0.25) is 4.79 Å². The third-order valence-electron chi connectivity index (χ3n) is 1.94. The average molecular weight is 189 g/mol. The van der Waals surface area contributed by atoms with Crippen LogP contribution in [0.5, 0.6) is 0 Å². The molecule has 0 aromatic rings. The Hall–Kier alpha value is -0.340. The van der Waals surface area contributed by atoms with E-state index in [0.717, 1.165) is 0 Å². The molecule has 0 fully saturated rings. The molecule has 0 amide bonds. The van der Waals surface area contributed by atoms with E-state index in [2.05, 4.69) is 0 Å². The molecule has 68 valence electrons. The highest BCUT2D eigenvalue weighted by Crippen LogP contribution is 2.36. The number of allylic oxidation sites excluding steroid dienone is 1. The Labute approximate surface area is 77.2 Å². The minimum absolute atomic E-state index is 0.0804. The molecule has 0 saturated carbocycles. The maximum atomic E-state index is 10.9. The Kier molecular flexibility index (Phi) is 2.59. The number of hydrogen-bond donors (Lipinski definition) is 1. The van der Waals surface area contributed by atoms with E-state index in [1.807, 2.05) is 13.8 Å². The molecule has 1 atom stereocenters. The molecule has 0 heterocycles. The van der Waals surface area contributed by atoms with Gasteiger partial charge in [-0.25, -0.2) is 0 Å². The highest BCUT2D eigenvalue weighted by Gasteiger charge is 2.38. The number of halogens is 1. The molecule has 1 rings (SSSR count). The lowest BCUT2D eigenvalue weighted by Gasteiger charge is -2.24. The normalized spacial score (nSPS) is 29.8. The predicted octanol–water partition coefficient (Wildman–Crippen LogP) is 1.86. The Bertz CT molecular complexity index is 233. The van der Waals surface area contributed by atoms with Crippen molar-refractivity contribution in [3.63, 3.8) is 0 Å². The van der Waals surface area contributed by atoms with E-state index in [9.17, 15) is 9.90 Å². The van der Waals surface area contributed by atoms with Crippen LogP contribution in [0.1, 0.15) is 26.7 Å². The van der Waals surface area contributed by atoms with E-state index >= 15 is 0 Å². The molecule has 0 spiro atoms. The SMILES string of the molecule is CC(C)CC1(O)CC(=O)C=C1Cl. The Balaban J connectivity index is 2.74. The summed E-state index contributed by atoms with van der Waals surface area (Å²) in [7, 11) is 0. The molecule has 0 bridgehead atoms. The van der Waals surface area contributed by atoms with E-state index in [1.54, 1.807) is 0 Å². The minimum Gasteiger partial charge on any atom is -0.384 e. The first kappa shape index (κ1) is 9.75. The fourth-order valence-electron chi connectivity index (χ4n) is 1.54. The zero-order chi connectivity index (χ0) is 9.35. The van der Waals surface area contributed by atoms with Gasteiger partial charge in [-0.2, -0.15) is 0 Å². The zero-order valence-corrected chi connectivity index (χ0v) is 8.06. The number of hydrogen-bond acceptors (Lipinski definition) is 2. The van der Waals surface area contributed by atoms with Crippen LogP contribution in [0.3, 0.4) is 0 Å². The van der Waals surface area contributed by atoms with Gasteiger partial charge >= 0.3 is 0 Å². The van der Waals surface area contributed by atoms with Gasteiger partial charge in [0.05, 0.1) is 5.03 Å². The van der Waals surface area contributed by atoms with E-state index in [0.29, 0.717) is 17.4 Å². The second-order valence-electron chi connectivity index (χ2n) is 3.76. The third-order valence-corrected chi connectivity index (χ3v) is 2.41. The number of rotatable bonds is 2. The second kappa shape index (κ2) is 3.19. The molecule has 2 nitrogen and oxygen atoms in total. The van der Waals surface area contributed by atoms with Gasteiger partial charge in [0.25, 0.3) is 0 Å². The van der Waals surface area contributed by atoms with Gasteiger partial charge in [0.1, 0.15) is 5.60 Å². The maximum Gasteiger partial charge on any atom is 0.160 e. The van der Waals surface area contributed by atoms with Crippen LogP contribution in [0.25, 0.3) is 0 Å². The summed E-state index contributed by atoms with van der Waals surface area (Å²) >= 11 is 5.75. The van der Waals surface area contributed by atoms with Crippen LogP contribution in [0.15, 0.2) is 11.1 Å². The van der Waals surface area contributed by atoms with E-state index in [1.165, 1.54) is 6.08 Å². The fourth-order valence-corrected chi connectivity index (χ4v) is 1.81. The molecule has 12 heavy (non-hydrogen) atoms. The first-order valence-corrected chi connectivity index (χ1v) is 4.45. The van der Waals surface area contributed by atoms with Gasteiger partial charge < -0.3 is 5.11 Å². The van der Waals surface area contributed by atoms with Crippen molar-refractivity contribution in [1.29, 1.82) is 0 Å². The first-order chi connectivity index (χ1) is 5.44. The van der Waals surface area contributed by atoms with Crippen LogP contribution in [0.4, 0.5) is 0 Å². The molecule has 0 aromatic carbocycles. The lowest BCUT2D eigenvalue weighted by atomic mass is 9.92. The van der Waals surface area contributed by atoms with Crippen LogP contribution in [-0.2, 0) is 4.79 Å². The predicted molar refractivity (Wildman–Crippen MR) is 48.0 cm³/mol. The molecule has 3 heteroatoms. The average Bonchev–Trinajstić information content (AvgIpc) is 2.04. The maximum absolute atomic E-state index is 10.9. The van der Waals surface area contributed by atoms with Crippen molar-refractivity contribution in [3.05, 3.63) is 11.1 Å². The summed E-state index contributed by atoms with van der Waals surface area (Å²) in [5.41, 5.74) is -1.08. The van der Waals surface area contributed by atoms with Crippen molar-refractivity contribution in [2.45, 2.75) is 32.3 Å². The quantitative estimate of drug-likeness (QED) is 0.718. The molecule has 0 aliphatic heterocycles. The Morgan fingerprint density at radius 2 is 2.33 bits per heavy atom. The lowest BCUT2D eigenvalue weighted by molar-refractivity contribution is -0.116. The van der Waals surface area contributed by atoms with Crippen LogP contribution < -0.4 is 0 Å². The Morgan fingerprint density at radius 1 is 1.75 bits per heavy atom. The largest absolute Gasteiger partial charge is 0.384 e. The fraction of sp³-hybridized carbons (Fsp3) is 0.667. The van der Waals surface area contributed by atoms with Gasteiger partial charge in [-0.15, -0.1) is 0 Å². The molecule has 1 aliphatic rings. The summed E-state index contributed by atoms with van der Waals surface area (Å²) in [6.07, 6.45) is 2.02. The van der Waals surface area contributed by atoms with Gasteiger partial charge in [0, 0.05) is 6.42 Å². The molecule has 0 aromatic heterocycles. The molecule has 1 aliphatic carbocycles. The number of aliphatic hydroxyl groups is 1. The van der Waals surface area contributed by atoms with Crippen molar-refractivity contribution in [3.8, 4) is 0 Å². The van der Waals surface area contributed by atoms with Gasteiger partial charge in [0.2, 0.25) is 0 Å². The van der Waals surface area contributed by atoms with Crippen molar-refractivity contribution in [2.24, 2.45) is 5.92 Å². The molecule has 1 unspecified atom stereocenters. The van der Waals surface area contributed by atoms with Crippen molar-refractivity contribution < 1.29 is 9.90 Å². The third kappa shape index (κ3) is 1.87. The monoisotopic (exact) mass is 188 g/mol. The summed E-state index contributed by atoms with van der Waals surface area (Å²) in [4.78, 5) is 10.9. The molecule has 0 saturated heterocycles. The summed E-state index contributed by atoms with van der Waals surface area (Å²) in [5.74, 6) is 0.256. The summed E-state index contributed by atoms with van der Waals surface area (Å²) in [6, 6.07) is 0. The molecule has 1 N–H and O–H groups in total. The van der Waals surface area contributed by atoms with Crippen LogP contribution in [-0.4, -0.2) is 16.5 Å². The highest BCUT2D eigenvalue weighted by molar-refractivity contribution is 6.33. The number of carbonyl (C=O) groups excluding carboxylic acids is 1. The number of carbonyl (C=O) groups is 1. The first-order valence-electron chi connectivity index (χ1n) is 4.07. The standard InChI is InChI=1S/C9H13ClO2/c1-6(2)4-9(12)5-7(11)3-8(9)10/h3,6,12H,4-5H2,1-2H3. The smallest absolute Gasteiger partial charge is 0.160 e. The van der Waals surface area contributed by atoms with E-state index in [4.69, 9.17) is 11.6 Å². The zero-order valence-electron chi connectivity index (χ0n) is 7.30. The Morgan fingerprint density at radius 3 is 2.67 bits per heavy atom. The second-order valence-corrected chi connectivity index (χ2v) is 4.17. The molecule has 0 radical (unpaired) electrons. The topological polar surface area (TPSA) is 37.3 Å². The van der Waals surface area contributed by atoms with Gasteiger partial charge in [-0.1, -0.05) is 25.4 Å². The van der Waals surface area contributed by atoms with Crippen molar-refractivity contribution >= 4 is 17.4 Å². The summed E-state index contributed by atoms with van der Waals surface area (Å²) in [6.45, 7) is 3.98. The van der Waals surface area contributed by atoms with Crippen molar-refractivity contribution in [2.75, 3.05) is 0 Å². The molecular weight excluding hydrogens is 176 g/mol. The summed E-state index contributed by atoms with van der Waals surface area (Å²) in [5, 5.41) is 10.2. The summed E-state index contributed by atoms with van der Waals surface area (Å²) < 4.78 is 0. The van der Waals surface area contributed by atoms with E-state index < -0.39 is 5.60 Å². The van der Waals surface area contributed by atoms with Crippen LogP contribution in [0, 0.1) is 5.92 Å². The van der Waals surface area contributed by atoms with Crippen LogP contribution in [0.2, 0.25) is 0 Å². The molecular formula is C9H13ClO2. The lowest BCUT2D eigenvalue weighted by Crippen LogP contribution is -2.29. The van der Waals surface area contributed by atoms with Crippen molar-refractivity contribution in [1.82, 2.24) is 0 Å². The van der Waals surface area contributed by atoms with E-state index in [-0.39, 0.29) is 12.2 Å². The minimum atomic E-state index is -1.08. The highest BCUT2D eigenvalue weighted by atomic mass is 35.5. The van der Waals surface area contributed by atoms with Crippen LogP contribution >= 0.6 is 11.6 Å².